The zero-order valence-corrected chi connectivity index (χ0v) is 13.0. The Hall–Kier alpha value is -1.10. The molecule has 0 spiro atoms. The van der Waals surface area contributed by atoms with Crippen molar-refractivity contribution in [1.82, 2.24) is 10.2 Å². The van der Waals surface area contributed by atoms with Crippen molar-refractivity contribution in [3.8, 4) is 5.75 Å². The van der Waals surface area contributed by atoms with Crippen molar-refractivity contribution < 1.29 is 9.84 Å². The maximum atomic E-state index is 10.3. The van der Waals surface area contributed by atoms with Crippen LogP contribution < -0.4 is 10.1 Å². The molecule has 2 N–H and O–H groups in total. The number of hydrogen-bond donors (Lipinski definition) is 2. The number of nitrogens with one attached hydrogen (secondary N) is 1. The van der Waals surface area contributed by atoms with Crippen LogP contribution in [-0.4, -0.2) is 48.3 Å². The normalized spacial score (nSPS) is 27.8. The van der Waals surface area contributed by atoms with Gasteiger partial charge in [-0.25, -0.2) is 0 Å². The van der Waals surface area contributed by atoms with Gasteiger partial charge in [0.1, 0.15) is 5.75 Å². The van der Waals surface area contributed by atoms with E-state index in [-0.39, 0.29) is 0 Å². The van der Waals surface area contributed by atoms with Gasteiger partial charge < -0.3 is 15.2 Å². The van der Waals surface area contributed by atoms with Crippen molar-refractivity contribution in [3.05, 3.63) is 29.8 Å². The van der Waals surface area contributed by atoms with Crippen molar-refractivity contribution >= 4 is 0 Å². The number of hydrogen-bond acceptors (Lipinski definition) is 4. The topological polar surface area (TPSA) is 44.7 Å². The van der Waals surface area contributed by atoms with Crippen LogP contribution in [0.4, 0.5) is 0 Å². The summed E-state index contributed by atoms with van der Waals surface area (Å²) in [5, 5.41) is 13.9. The van der Waals surface area contributed by atoms with Crippen LogP contribution in [-0.2, 0) is 0 Å². The Morgan fingerprint density at radius 2 is 2.24 bits per heavy atom. The van der Waals surface area contributed by atoms with Gasteiger partial charge in [0, 0.05) is 31.2 Å². The summed E-state index contributed by atoms with van der Waals surface area (Å²) in [5.74, 6) is 0.793. The van der Waals surface area contributed by atoms with Gasteiger partial charge in [-0.2, -0.15) is 0 Å². The molecule has 0 bridgehead atoms. The van der Waals surface area contributed by atoms with Gasteiger partial charge in [0.25, 0.3) is 0 Å². The van der Waals surface area contributed by atoms with E-state index in [1.165, 1.54) is 19.3 Å². The van der Waals surface area contributed by atoms with E-state index in [1.54, 1.807) is 7.11 Å². The lowest BCUT2D eigenvalue weighted by atomic mass is 10.1. The number of ether oxygens (including phenoxy) is 1. The van der Waals surface area contributed by atoms with E-state index in [0.29, 0.717) is 18.6 Å². The minimum atomic E-state index is -0.481. The molecule has 4 heteroatoms. The summed E-state index contributed by atoms with van der Waals surface area (Å²) in [6.07, 6.45) is 3.43. The minimum Gasteiger partial charge on any atom is -0.497 e. The summed E-state index contributed by atoms with van der Waals surface area (Å²) >= 11 is 0. The first kappa shape index (κ1) is 14.8. The Morgan fingerprint density at radius 3 is 2.95 bits per heavy atom. The van der Waals surface area contributed by atoms with Crippen LogP contribution in [0.1, 0.15) is 37.9 Å². The predicted molar refractivity (Wildman–Crippen MR) is 83.6 cm³/mol. The first-order chi connectivity index (χ1) is 10.2. The molecule has 3 rings (SSSR count). The second-order valence-electron chi connectivity index (χ2n) is 6.41. The van der Waals surface area contributed by atoms with Crippen molar-refractivity contribution in [2.24, 2.45) is 0 Å². The Morgan fingerprint density at radius 1 is 1.43 bits per heavy atom. The number of likely N-dealkylation sites (tertiary alicyclic amines) is 1. The average molecular weight is 290 g/mol. The molecular weight excluding hydrogens is 264 g/mol. The van der Waals surface area contributed by atoms with Crippen molar-refractivity contribution in [3.63, 3.8) is 0 Å². The molecule has 0 amide bonds. The molecule has 1 aromatic carbocycles. The second-order valence-corrected chi connectivity index (χ2v) is 6.41. The summed E-state index contributed by atoms with van der Waals surface area (Å²) in [7, 11) is 1.65. The maximum Gasteiger partial charge on any atom is 0.119 e. The van der Waals surface area contributed by atoms with Crippen LogP contribution in [0.15, 0.2) is 24.3 Å². The van der Waals surface area contributed by atoms with E-state index in [9.17, 15) is 5.11 Å². The lowest BCUT2D eigenvalue weighted by Crippen LogP contribution is -2.36. The van der Waals surface area contributed by atoms with Gasteiger partial charge in [-0.3, -0.25) is 4.90 Å². The van der Waals surface area contributed by atoms with Crippen molar-refractivity contribution in [1.29, 1.82) is 0 Å². The molecule has 0 radical (unpaired) electrons. The number of methoxy groups -OCH3 is 1. The van der Waals surface area contributed by atoms with Gasteiger partial charge in [-0.05, 0) is 43.9 Å². The fraction of sp³-hybridized carbons (Fsp3) is 0.647. The lowest BCUT2D eigenvalue weighted by molar-refractivity contribution is 0.169. The molecule has 0 aromatic heterocycles. The standard InChI is InChI=1S/C17H26N2O2/c1-12-8-14(11-19(12)15-6-7-15)18-10-17(20)13-4-3-5-16(9-13)21-2/h3-5,9,12,14-15,17-18,20H,6-8,10-11H2,1-2H3. The van der Waals surface area contributed by atoms with Crippen molar-refractivity contribution in [2.75, 3.05) is 20.2 Å². The van der Waals surface area contributed by atoms with E-state index < -0.39 is 6.10 Å². The predicted octanol–water partition coefficient (Wildman–Crippen LogP) is 1.94. The summed E-state index contributed by atoms with van der Waals surface area (Å²) in [5.41, 5.74) is 0.909. The first-order valence-electron chi connectivity index (χ1n) is 7.98. The third-order valence-electron chi connectivity index (χ3n) is 4.72. The number of rotatable bonds is 6. The van der Waals surface area contributed by atoms with E-state index >= 15 is 0 Å². The fourth-order valence-electron chi connectivity index (χ4n) is 3.36. The molecule has 116 valence electrons. The van der Waals surface area contributed by atoms with Crippen molar-refractivity contribution in [2.45, 2.75) is 50.4 Å². The Labute approximate surface area is 127 Å². The van der Waals surface area contributed by atoms with Gasteiger partial charge in [0.15, 0.2) is 0 Å². The molecule has 1 heterocycles. The fourth-order valence-corrected chi connectivity index (χ4v) is 3.36. The molecule has 21 heavy (non-hydrogen) atoms. The third-order valence-corrected chi connectivity index (χ3v) is 4.72. The molecule has 1 aliphatic carbocycles. The van der Waals surface area contributed by atoms with Gasteiger partial charge in [0.2, 0.25) is 0 Å². The van der Waals surface area contributed by atoms with Gasteiger partial charge in [0.05, 0.1) is 13.2 Å². The SMILES string of the molecule is COc1cccc(C(O)CNC2CC(C)N(C3CC3)C2)c1. The average Bonchev–Trinajstić information content (AvgIpc) is 3.28. The van der Waals surface area contributed by atoms with Gasteiger partial charge in [-0.1, -0.05) is 12.1 Å². The largest absolute Gasteiger partial charge is 0.497 e. The number of benzene rings is 1. The van der Waals surface area contributed by atoms with E-state index in [2.05, 4.69) is 17.1 Å². The number of aliphatic hydroxyl groups excluding tert-OH is 1. The highest BCUT2D eigenvalue weighted by Gasteiger charge is 2.38. The number of nitrogens with zero attached hydrogens (tertiary/aromatic N) is 1. The highest BCUT2D eigenvalue weighted by Crippen LogP contribution is 2.33. The van der Waals surface area contributed by atoms with Crippen LogP contribution in [0.25, 0.3) is 0 Å². The zero-order valence-electron chi connectivity index (χ0n) is 13.0. The highest BCUT2D eigenvalue weighted by molar-refractivity contribution is 5.29. The monoisotopic (exact) mass is 290 g/mol. The van der Waals surface area contributed by atoms with Gasteiger partial charge >= 0.3 is 0 Å². The van der Waals surface area contributed by atoms with E-state index in [4.69, 9.17) is 4.74 Å². The highest BCUT2D eigenvalue weighted by atomic mass is 16.5. The second kappa shape index (κ2) is 6.34. The Kier molecular flexibility index (Phi) is 4.48. The molecule has 1 saturated heterocycles. The molecule has 4 nitrogen and oxygen atoms in total. The maximum absolute atomic E-state index is 10.3. The van der Waals surface area contributed by atoms with E-state index in [1.807, 2.05) is 24.3 Å². The first-order valence-corrected chi connectivity index (χ1v) is 7.98. The van der Waals surface area contributed by atoms with E-state index in [0.717, 1.165) is 23.9 Å². The molecule has 1 aliphatic heterocycles. The van der Waals surface area contributed by atoms with Crippen LogP contribution >= 0.6 is 0 Å². The summed E-state index contributed by atoms with van der Waals surface area (Å²) in [6, 6.07) is 9.67. The van der Waals surface area contributed by atoms with Crippen LogP contribution in [0.2, 0.25) is 0 Å². The molecule has 3 unspecified atom stereocenters. The smallest absolute Gasteiger partial charge is 0.119 e. The number of aliphatic hydroxyl groups is 1. The third kappa shape index (κ3) is 3.57. The van der Waals surface area contributed by atoms with Crippen LogP contribution in [0.3, 0.4) is 0 Å². The van der Waals surface area contributed by atoms with Crippen LogP contribution in [0, 0.1) is 0 Å². The molecule has 3 atom stereocenters. The molecule has 2 aliphatic rings. The molecule has 1 saturated carbocycles. The summed E-state index contributed by atoms with van der Waals surface area (Å²) in [6.45, 7) is 4.04. The molecular formula is C17H26N2O2. The minimum absolute atomic E-state index is 0.481. The van der Waals surface area contributed by atoms with Crippen LogP contribution in [0.5, 0.6) is 5.75 Å². The van der Waals surface area contributed by atoms with Gasteiger partial charge in [-0.15, -0.1) is 0 Å². The Balaban J connectivity index is 1.50. The zero-order chi connectivity index (χ0) is 14.8. The summed E-state index contributed by atoms with van der Waals surface area (Å²) < 4.78 is 5.21. The molecule has 2 fully saturated rings. The summed E-state index contributed by atoms with van der Waals surface area (Å²) in [4.78, 5) is 2.62. The molecule has 1 aromatic rings. The quantitative estimate of drug-likeness (QED) is 0.840. The Bertz CT molecular complexity index is 476. The lowest BCUT2D eigenvalue weighted by Gasteiger charge is -2.20.